The summed E-state index contributed by atoms with van der Waals surface area (Å²) < 4.78 is 0. The van der Waals surface area contributed by atoms with E-state index in [1.807, 2.05) is 0 Å². The maximum Gasteiger partial charge on any atom is 0.138 e. The van der Waals surface area contributed by atoms with Crippen molar-refractivity contribution in [1.82, 2.24) is 4.90 Å². The van der Waals surface area contributed by atoms with E-state index in [1.165, 1.54) is 19.5 Å². The molecular formula is C12H21NO. The van der Waals surface area contributed by atoms with Gasteiger partial charge in [-0.15, -0.1) is 0 Å². The van der Waals surface area contributed by atoms with Crippen LogP contribution < -0.4 is 0 Å². The van der Waals surface area contributed by atoms with Crippen molar-refractivity contribution in [1.29, 1.82) is 0 Å². The molecular weight excluding hydrogens is 174 g/mol. The minimum absolute atomic E-state index is 0.122. The van der Waals surface area contributed by atoms with Gasteiger partial charge < -0.3 is 0 Å². The fourth-order valence-corrected chi connectivity index (χ4v) is 2.79. The number of hydrogen-bond donors (Lipinski definition) is 0. The summed E-state index contributed by atoms with van der Waals surface area (Å²) in [5.74, 6) is 1.41. The van der Waals surface area contributed by atoms with Gasteiger partial charge >= 0.3 is 0 Å². The Morgan fingerprint density at radius 1 is 1.29 bits per heavy atom. The second-order valence-corrected chi connectivity index (χ2v) is 5.55. The number of nitrogens with zero attached hydrogens (tertiary/aromatic N) is 1. The highest BCUT2D eigenvalue weighted by Gasteiger charge is 2.45. The molecule has 0 bridgehead atoms. The zero-order valence-electron chi connectivity index (χ0n) is 9.55. The average molecular weight is 195 g/mol. The average Bonchev–Trinajstić information content (AvgIpc) is 2.84. The van der Waals surface area contributed by atoms with E-state index in [-0.39, 0.29) is 5.54 Å². The molecule has 2 atom stereocenters. The molecule has 1 aliphatic heterocycles. The third-order valence-corrected chi connectivity index (χ3v) is 4.00. The summed E-state index contributed by atoms with van der Waals surface area (Å²) in [5, 5.41) is 0. The fraction of sp³-hybridized carbons (Fsp3) is 0.917. The van der Waals surface area contributed by atoms with E-state index in [0.717, 1.165) is 12.8 Å². The van der Waals surface area contributed by atoms with Gasteiger partial charge in [-0.2, -0.15) is 0 Å². The van der Waals surface area contributed by atoms with Crippen molar-refractivity contribution in [3.63, 3.8) is 0 Å². The molecule has 1 heterocycles. The van der Waals surface area contributed by atoms with E-state index in [4.69, 9.17) is 0 Å². The molecule has 2 rings (SSSR count). The lowest BCUT2D eigenvalue weighted by Crippen LogP contribution is -2.45. The maximum atomic E-state index is 12.0. The van der Waals surface area contributed by atoms with Crippen molar-refractivity contribution < 1.29 is 4.79 Å². The Labute approximate surface area is 86.7 Å². The van der Waals surface area contributed by atoms with E-state index in [2.05, 4.69) is 25.7 Å². The van der Waals surface area contributed by atoms with Crippen LogP contribution in [0.15, 0.2) is 0 Å². The van der Waals surface area contributed by atoms with Gasteiger partial charge in [-0.1, -0.05) is 6.92 Å². The van der Waals surface area contributed by atoms with Crippen molar-refractivity contribution in [2.45, 2.75) is 45.6 Å². The van der Waals surface area contributed by atoms with Crippen LogP contribution in [0.4, 0.5) is 0 Å². The largest absolute Gasteiger partial charge is 0.299 e. The van der Waals surface area contributed by atoms with Gasteiger partial charge in [-0.05, 0) is 32.6 Å². The van der Waals surface area contributed by atoms with Gasteiger partial charge in [0.25, 0.3) is 0 Å². The first kappa shape index (κ1) is 10.2. The van der Waals surface area contributed by atoms with Crippen molar-refractivity contribution in [3.05, 3.63) is 0 Å². The molecule has 0 N–H and O–H groups in total. The molecule has 1 saturated carbocycles. The van der Waals surface area contributed by atoms with Crippen LogP contribution in [-0.2, 0) is 4.79 Å². The van der Waals surface area contributed by atoms with Gasteiger partial charge in [0.2, 0.25) is 0 Å². The quantitative estimate of drug-likeness (QED) is 0.629. The third kappa shape index (κ3) is 1.72. The van der Waals surface area contributed by atoms with Crippen molar-refractivity contribution in [3.8, 4) is 0 Å². The Balaban J connectivity index is 2.06. The van der Waals surface area contributed by atoms with E-state index in [9.17, 15) is 4.79 Å². The van der Waals surface area contributed by atoms with Gasteiger partial charge in [0, 0.05) is 31.0 Å². The predicted molar refractivity (Wildman–Crippen MR) is 57.2 cm³/mol. The van der Waals surface area contributed by atoms with Gasteiger partial charge in [0.15, 0.2) is 0 Å². The van der Waals surface area contributed by atoms with Crippen LogP contribution in [0.2, 0.25) is 0 Å². The monoisotopic (exact) mass is 195 g/mol. The SMILES string of the molecule is CC1CCC(C(C)(C)N2CC2)C(=O)C1. The molecule has 2 nitrogen and oxygen atoms in total. The summed E-state index contributed by atoms with van der Waals surface area (Å²) in [6.07, 6.45) is 3.14. The number of carbonyl (C=O) groups excluding carboxylic acids is 1. The maximum absolute atomic E-state index is 12.0. The molecule has 0 amide bonds. The second kappa shape index (κ2) is 3.34. The Morgan fingerprint density at radius 2 is 1.93 bits per heavy atom. The lowest BCUT2D eigenvalue weighted by atomic mass is 9.73. The van der Waals surface area contributed by atoms with Gasteiger partial charge in [0.05, 0.1) is 0 Å². The molecule has 2 aliphatic rings. The van der Waals surface area contributed by atoms with Crippen LogP contribution in [-0.4, -0.2) is 29.3 Å². The highest BCUT2D eigenvalue weighted by Crippen LogP contribution is 2.38. The molecule has 1 aliphatic carbocycles. The highest BCUT2D eigenvalue weighted by molar-refractivity contribution is 5.83. The molecule has 80 valence electrons. The Bertz CT molecular complexity index is 243. The van der Waals surface area contributed by atoms with Crippen LogP contribution in [0.5, 0.6) is 0 Å². The lowest BCUT2D eigenvalue weighted by molar-refractivity contribution is -0.129. The summed E-state index contributed by atoms with van der Waals surface area (Å²) in [6.45, 7) is 9.04. The zero-order valence-corrected chi connectivity index (χ0v) is 9.55. The molecule has 0 aromatic heterocycles. The number of Topliss-reactive ketones (excluding diaryl/α,β-unsaturated/α-hetero) is 1. The molecule has 2 fully saturated rings. The Morgan fingerprint density at radius 3 is 2.43 bits per heavy atom. The van der Waals surface area contributed by atoms with E-state index < -0.39 is 0 Å². The highest BCUT2D eigenvalue weighted by atomic mass is 16.1. The molecule has 0 aromatic carbocycles. The summed E-state index contributed by atoms with van der Waals surface area (Å²) in [5.41, 5.74) is 0.122. The molecule has 0 radical (unpaired) electrons. The Kier molecular flexibility index (Phi) is 2.42. The van der Waals surface area contributed by atoms with Crippen LogP contribution in [0.3, 0.4) is 0 Å². The number of rotatable bonds is 2. The van der Waals surface area contributed by atoms with Crippen LogP contribution in [0.25, 0.3) is 0 Å². The second-order valence-electron chi connectivity index (χ2n) is 5.55. The molecule has 2 unspecified atom stereocenters. The molecule has 0 aromatic rings. The van der Waals surface area contributed by atoms with Crippen molar-refractivity contribution >= 4 is 5.78 Å². The molecule has 14 heavy (non-hydrogen) atoms. The first-order valence-corrected chi connectivity index (χ1v) is 5.79. The van der Waals surface area contributed by atoms with Crippen LogP contribution in [0.1, 0.15) is 40.0 Å². The van der Waals surface area contributed by atoms with Gasteiger partial charge in [-0.25, -0.2) is 0 Å². The van der Waals surface area contributed by atoms with Crippen LogP contribution >= 0.6 is 0 Å². The lowest BCUT2D eigenvalue weighted by Gasteiger charge is -2.38. The first-order chi connectivity index (χ1) is 6.51. The first-order valence-electron chi connectivity index (χ1n) is 5.79. The minimum atomic E-state index is 0.122. The minimum Gasteiger partial charge on any atom is -0.299 e. The van der Waals surface area contributed by atoms with Gasteiger partial charge in [0.1, 0.15) is 5.78 Å². The molecule has 0 spiro atoms. The molecule has 1 saturated heterocycles. The molecule has 2 heteroatoms. The number of ketones is 1. The predicted octanol–water partition coefficient (Wildman–Crippen LogP) is 2.09. The topological polar surface area (TPSA) is 20.1 Å². The smallest absolute Gasteiger partial charge is 0.138 e. The van der Waals surface area contributed by atoms with E-state index in [1.54, 1.807) is 0 Å². The van der Waals surface area contributed by atoms with Gasteiger partial charge in [-0.3, -0.25) is 9.69 Å². The summed E-state index contributed by atoms with van der Waals surface area (Å²) in [6, 6.07) is 0. The zero-order chi connectivity index (χ0) is 10.3. The summed E-state index contributed by atoms with van der Waals surface area (Å²) in [4.78, 5) is 14.4. The van der Waals surface area contributed by atoms with E-state index in [0.29, 0.717) is 17.6 Å². The van der Waals surface area contributed by atoms with E-state index >= 15 is 0 Å². The number of hydrogen-bond acceptors (Lipinski definition) is 2. The fourth-order valence-electron chi connectivity index (χ4n) is 2.79. The normalized spacial score (nSPS) is 34.6. The summed E-state index contributed by atoms with van der Waals surface area (Å²) >= 11 is 0. The standard InChI is InChI=1S/C12H21NO/c1-9-4-5-10(11(14)8-9)12(2,3)13-6-7-13/h9-10H,4-8H2,1-3H3. The van der Waals surface area contributed by atoms with Crippen LogP contribution in [0, 0.1) is 11.8 Å². The van der Waals surface area contributed by atoms with Crippen molar-refractivity contribution in [2.75, 3.05) is 13.1 Å². The third-order valence-electron chi connectivity index (χ3n) is 4.00. The number of carbonyl (C=O) groups is 1. The summed E-state index contributed by atoms with van der Waals surface area (Å²) in [7, 11) is 0. The Hall–Kier alpha value is -0.370. The van der Waals surface area contributed by atoms with Crippen molar-refractivity contribution in [2.24, 2.45) is 11.8 Å².